The fraction of sp³-hybridized carbons (Fsp3) is 0.222. The minimum Gasteiger partial charge on any atom is -0.481 e. The third kappa shape index (κ3) is 5.38. The summed E-state index contributed by atoms with van der Waals surface area (Å²) in [5.41, 5.74) is -0.880. The number of hydrogen-bond acceptors (Lipinski definition) is 4. The van der Waals surface area contributed by atoms with Gasteiger partial charge in [-0.15, -0.1) is 0 Å². The Labute approximate surface area is 165 Å². The van der Waals surface area contributed by atoms with Crippen molar-refractivity contribution < 1.29 is 49.5 Å². The average Bonchev–Trinajstić information content (AvgIpc) is 2.62. The lowest BCUT2D eigenvalue weighted by Crippen LogP contribution is -2.36. The fourth-order valence-electron chi connectivity index (χ4n) is 2.46. The van der Waals surface area contributed by atoms with Gasteiger partial charge in [-0.1, -0.05) is 6.07 Å². The molecule has 30 heavy (non-hydrogen) atoms. The molecule has 0 heterocycles. The molecule has 0 amide bonds. The second-order valence-corrected chi connectivity index (χ2v) is 8.24. The molecule has 0 radical (unpaired) electrons. The molecule has 5 nitrogen and oxygen atoms in total. The first-order chi connectivity index (χ1) is 13.7. The topological polar surface area (TPSA) is 88.5 Å². The molecule has 1 atom stereocenters. The van der Waals surface area contributed by atoms with Crippen LogP contribution < -0.4 is 0 Å². The number of carboxylic acid groups (broad SMARTS) is 1. The third-order valence-electron chi connectivity index (χ3n) is 4.03. The van der Waals surface area contributed by atoms with Crippen molar-refractivity contribution in [2.75, 3.05) is 5.75 Å². The Morgan fingerprint density at radius 3 is 2.07 bits per heavy atom. The zero-order valence-electron chi connectivity index (χ0n) is 14.7. The van der Waals surface area contributed by atoms with Crippen LogP contribution in [-0.4, -0.2) is 37.2 Å². The Bertz CT molecular complexity index is 1090. The van der Waals surface area contributed by atoms with Crippen molar-refractivity contribution in [2.45, 2.75) is 17.5 Å². The van der Waals surface area contributed by atoms with Gasteiger partial charge in [0.05, 0.1) is 16.2 Å². The molecule has 2 rings (SSSR count). The number of sulfone groups is 1. The molecule has 2 aromatic carbocycles. The highest BCUT2D eigenvalue weighted by molar-refractivity contribution is 7.91. The molecule has 0 saturated carbocycles. The first-order valence-corrected chi connectivity index (χ1v) is 9.66. The fourth-order valence-corrected chi connectivity index (χ4v) is 4.00. The third-order valence-corrected chi connectivity index (χ3v) is 5.77. The first kappa shape index (κ1) is 23.4. The number of carboxylic acids is 1. The lowest BCUT2D eigenvalue weighted by atomic mass is 10.0. The van der Waals surface area contributed by atoms with E-state index in [0.717, 1.165) is 12.1 Å². The van der Waals surface area contributed by atoms with Crippen LogP contribution in [0.5, 0.6) is 0 Å². The highest BCUT2D eigenvalue weighted by Gasteiger charge is 2.47. The number of carbonyl (C=O) groups excluding carboxylic acids is 1. The van der Waals surface area contributed by atoms with E-state index < -0.39 is 73.8 Å². The van der Waals surface area contributed by atoms with Crippen molar-refractivity contribution >= 4 is 21.6 Å². The average molecular weight is 454 g/mol. The van der Waals surface area contributed by atoms with E-state index in [4.69, 9.17) is 5.11 Å². The lowest BCUT2D eigenvalue weighted by molar-refractivity contribution is -0.189. The van der Waals surface area contributed by atoms with Gasteiger partial charge >= 0.3 is 12.1 Å². The molecule has 0 aliphatic heterocycles. The van der Waals surface area contributed by atoms with Crippen molar-refractivity contribution in [1.29, 1.82) is 0 Å². The summed E-state index contributed by atoms with van der Waals surface area (Å²) in [6.07, 6.45) is -6.01. The lowest BCUT2D eigenvalue weighted by Gasteiger charge is -2.16. The van der Waals surface area contributed by atoms with Gasteiger partial charge in [-0.3, -0.25) is 9.59 Å². The normalized spacial score (nSPS) is 13.1. The van der Waals surface area contributed by atoms with Gasteiger partial charge in [-0.25, -0.2) is 21.6 Å². The van der Waals surface area contributed by atoms with E-state index in [-0.39, 0.29) is 5.56 Å². The predicted molar refractivity (Wildman–Crippen MR) is 90.0 cm³/mol. The van der Waals surface area contributed by atoms with Gasteiger partial charge in [0.25, 0.3) is 0 Å². The molecule has 0 spiro atoms. The number of alkyl halides is 3. The van der Waals surface area contributed by atoms with E-state index in [1.54, 1.807) is 0 Å². The quantitative estimate of drug-likeness (QED) is 0.393. The number of halogens is 6. The van der Waals surface area contributed by atoms with Crippen molar-refractivity contribution in [3.8, 4) is 0 Å². The van der Waals surface area contributed by atoms with E-state index in [2.05, 4.69) is 0 Å². The largest absolute Gasteiger partial charge is 0.481 e. The molecule has 0 saturated heterocycles. The molecule has 12 heteroatoms. The number of Topliss-reactive ketones (excluding diaryl/α,β-unsaturated/α-hetero) is 1. The molecule has 0 bridgehead atoms. The van der Waals surface area contributed by atoms with Crippen LogP contribution in [0.3, 0.4) is 0 Å². The van der Waals surface area contributed by atoms with E-state index in [1.807, 2.05) is 0 Å². The maximum absolute atomic E-state index is 14.0. The van der Waals surface area contributed by atoms with Crippen LogP contribution in [-0.2, 0) is 21.1 Å². The zero-order chi connectivity index (χ0) is 22.9. The standard InChI is InChI=1S/C18H12F6O5S/c19-13-4-2-10(30(28,29)8-12(17(26)27)18(22,23)24)7-11(13)16(25)6-9-1-3-14(20)15(21)5-9/h1-5,7,12H,6,8H2,(H,26,27). The van der Waals surface area contributed by atoms with Crippen molar-refractivity contribution in [1.82, 2.24) is 0 Å². The van der Waals surface area contributed by atoms with Gasteiger partial charge < -0.3 is 5.11 Å². The Kier molecular flexibility index (Phi) is 6.60. The molecular formula is C18H12F6O5S. The minimum absolute atomic E-state index is 0.0606. The summed E-state index contributed by atoms with van der Waals surface area (Å²) in [4.78, 5) is 22.2. The second kappa shape index (κ2) is 8.46. The smallest absolute Gasteiger partial charge is 0.403 e. The number of ketones is 1. The Hall–Kier alpha value is -2.89. The van der Waals surface area contributed by atoms with Crippen LogP contribution in [0.25, 0.3) is 0 Å². The molecule has 0 fully saturated rings. The second-order valence-electron chi connectivity index (χ2n) is 6.20. The summed E-state index contributed by atoms with van der Waals surface area (Å²) in [6.45, 7) is 0. The number of aliphatic carboxylic acids is 1. The van der Waals surface area contributed by atoms with Crippen LogP contribution in [0.4, 0.5) is 26.3 Å². The molecule has 2 aromatic rings. The molecule has 1 N–H and O–H groups in total. The van der Waals surface area contributed by atoms with E-state index in [0.29, 0.717) is 24.3 Å². The maximum Gasteiger partial charge on any atom is 0.403 e. The molecule has 0 aliphatic rings. The first-order valence-electron chi connectivity index (χ1n) is 8.01. The van der Waals surface area contributed by atoms with Gasteiger partial charge in [-0.05, 0) is 35.9 Å². The summed E-state index contributed by atoms with van der Waals surface area (Å²) in [5, 5.41) is 8.66. The molecular weight excluding hydrogens is 442 g/mol. The van der Waals surface area contributed by atoms with Crippen molar-refractivity contribution in [3.05, 3.63) is 65.0 Å². The van der Waals surface area contributed by atoms with Gasteiger partial charge in [0, 0.05) is 6.42 Å². The number of hydrogen-bond donors (Lipinski definition) is 1. The van der Waals surface area contributed by atoms with Gasteiger partial charge in [0.15, 0.2) is 33.2 Å². The SMILES string of the molecule is O=C(Cc1ccc(F)c(F)c1)c1cc(S(=O)(=O)CC(C(=O)O)C(F)(F)F)ccc1F. The summed E-state index contributed by atoms with van der Waals surface area (Å²) in [5.74, 6) is -12.2. The molecule has 1 unspecified atom stereocenters. The highest BCUT2D eigenvalue weighted by atomic mass is 32.2. The van der Waals surface area contributed by atoms with Crippen molar-refractivity contribution in [2.24, 2.45) is 5.92 Å². The van der Waals surface area contributed by atoms with E-state index in [1.165, 1.54) is 0 Å². The molecule has 0 aromatic heterocycles. The van der Waals surface area contributed by atoms with Gasteiger partial charge in [0.1, 0.15) is 5.82 Å². The van der Waals surface area contributed by atoms with Crippen LogP contribution in [0, 0.1) is 23.4 Å². The molecule has 162 valence electrons. The Morgan fingerprint density at radius 1 is 0.933 bits per heavy atom. The maximum atomic E-state index is 14.0. The highest BCUT2D eigenvalue weighted by Crippen LogP contribution is 2.30. The van der Waals surface area contributed by atoms with Gasteiger partial charge in [-0.2, -0.15) is 13.2 Å². The van der Waals surface area contributed by atoms with Crippen LogP contribution in [0.15, 0.2) is 41.3 Å². The summed E-state index contributed by atoms with van der Waals surface area (Å²) < 4.78 is 103. The minimum atomic E-state index is -5.36. The Balaban J connectivity index is 2.36. The summed E-state index contributed by atoms with van der Waals surface area (Å²) in [6, 6.07) is 4.02. The molecule has 0 aliphatic carbocycles. The Morgan fingerprint density at radius 2 is 1.53 bits per heavy atom. The number of benzene rings is 2. The monoisotopic (exact) mass is 454 g/mol. The van der Waals surface area contributed by atoms with Crippen LogP contribution in [0.2, 0.25) is 0 Å². The number of rotatable bonds is 7. The van der Waals surface area contributed by atoms with Gasteiger partial charge in [0.2, 0.25) is 0 Å². The predicted octanol–water partition coefficient (Wildman–Crippen LogP) is 3.57. The summed E-state index contributed by atoms with van der Waals surface area (Å²) in [7, 11) is -4.87. The van der Waals surface area contributed by atoms with Crippen molar-refractivity contribution in [3.63, 3.8) is 0 Å². The van der Waals surface area contributed by atoms with E-state index >= 15 is 0 Å². The van der Waals surface area contributed by atoms with Crippen LogP contribution >= 0.6 is 0 Å². The summed E-state index contributed by atoms with van der Waals surface area (Å²) >= 11 is 0. The van der Waals surface area contributed by atoms with E-state index in [9.17, 15) is 44.3 Å². The van der Waals surface area contributed by atoms with Crippen LogP contribution in [0.1, 0.15) is 15.9 Å². The zero-order valence-corrected chi connectivity index (χ0v) is 15.5. The number of carbonyl (C=O) groups is 2.